The number of halogens is 1. The van der Waals surface area contributed by atoms with E-state index in [0.717, 1.165) is 4.90 Å². The average Bonchev–Trinajstić information content (AvgIpc) is 3.18. The SMILES string of the molecule is CCCOC(=O)c1cccc(NC(=O)c2ccc(NC3=C(Cl)C(=O)N(c4cccc(C(=O)OC)c4)C3=O)cc2)c1. The van der Waals surface area contributed by atoms with Gasteiger partial charge in [-0.3, -0.25) is 14.4 Å². The summed E-state index contributed by atoms with van der Waals surface area (Å²) in [7, 11) is 1.22. The number of hydrogen-bond donors (Lipinski definition) is 2. The fourth-order valence-corrected chi connectivity index (χ4v) is 4.00. The third-order valence-corrected chi connectivity index (χ3v) is 6.11. The van der Waals surface area contributed by atoms with E-state index in [-0.39, 0.29) is 22.0 Å². The van der Waals surface area contributed by atoms with Crippen molar-refractivity contribution in [3.8, 4) is 0 Å². The zero-order valence-corrected chi connectivity index (χ0v) is 22.3. The maximum absolute atomic E-state index is 13.1. The van der Waals surface area contributed by atoms with Crippen LogP contribution in [-0.2, 0) is 19.1 Å². The first-order chi connectivity index (χ1) is 19.2. The Kier molecular flexibility index (Phi) is 8.60. The lowest BCUT2D eigenvalue weighted by atomic mass is 10.1. The van der Waals surface area contributed by atoms with E-state index in [4.69, 9.17) is 21.1 Å². The van der Waals surface area contributed by atoms with Crippen molar-refractivity contribution >= 4 is 58.3 Å². The predicted molar refractivity (Wildman–Crippen MR) is 148 cm³/mol. The minimum atomic E-state index is -0.756. The molecule has 0 radical (unpaired) electrons. The van der Waals surface area contributed by atoms with Crippen LogP contribution in [0.15, 0.2) is 83.5 Å². The summed E-state index contributed by atoms with van der Waals surface area (Å²) in [6.45, 7) is 2.20. The lowest BCUT2D eigenvalue weighted by Gasteiger charge is -2.16. The van der Waals surface area contributed by atoms with Crippen LogP contribution >= 0.6 is 11.6 Å². The average molecular weight is 562 g/mol. The highest BCUT2D eigenvalue weighted by molar-refractivity contribution is 6.53. The molecule has 0 spiro atoms. The van der Waals surface area contributed by atoms with Gasteiger partial charge in [-0.15, -0.1) is 0 Å². The molecule has 204 valence electrons. The molecule has 0 saturated heterocycles. The summed E-state index contributed by atoms with van der Waals surface area (Å²) >= 11 is 6.20. The highest BCUT2D eigenvalue weighted by Crippen LogP contribution is 2.30. The third kappa shape index (κ3) is 6.02. The molecule has 0 atom stereocenters. The van der Waals surface area contributed by atoms with Crippen molar-refractivity contribution in [2.24, 2.45) is 0 Å². The van der Waals surface area contributed by atoms with Gasteiger partial charge in [0.2, 0.25) is 0 Å². The van der Waals surface area contributed by atoms with E-state index in [2.05, 4.69) is 10.6 Å². The molecule has 3 aromatic carbocycles. The second-order valence-electron chi connectivity index (χ2n) is 8.55. The maximum Gasteiger partial charge on any atom is 0.338 e. The number of amides is 3. The van der Waals surface area contributed by atoms with Gasteiger partial charge in [-0.1, -0.05) is 30.7 Å². The van der Waals surface area contributed by atoms with Crippen molar-refractivity contribution in [1.29, 1.82) is 0 Å². The number of nitrogens with one attached hydrogen (secondary N) is 2. The number of anilines is 3. The summed E-state index contributed by atoms with van der Waals surface area (Å²) in [5.74, 6) is -2.99. The molecule has 4 rings (SSSR count). The number of methoxy groups -OCH3 is 1. The van der Waals surface area contributed by atoms with Crippen molar-refractivity contribution in [2.75, 3.05) is 29.3 Å². The number of benzene rings is 3. The van der Waals surface area contributed by atoms with Crippen LogP contribution in [-0.4, -0.2) is 43.4 Å². The molecule has 3 amide bonds. The number of nitrogens with zero attached hydrogens (tertiary/aromatic N) is 1. The summed E-state index contributed by atoms with van der Waals surface area (Å²) in [5.41, 5.74) is 1.60. The molecule has 1 aliphatic heterocycles. The smallest absolute Gasteiger partial charge is 0.338 e. The molecule has 3 aromatic rings. The summed E-state index contributed by atoms with van der Waals surface area (Å²) in [4.78, 5) is 63.4. The Balaban J connectivity index is 1.44. The molecule has 11 heteroatoms. The van der Waals surface area contributed by atoms with Crippen molar-refractivity contribution in [3.63, 3.8) is 0 Å². The number of rotatable bonds is 9. The van der Waals surface area contributed by atoms with Crippen LogP contribution in [0.5, 0.6) is 0 Å². The van der Waals surface area contributed by atoms with Gasteiger partial charge in [-0.2, -0.15) is 0 Å². The van der Waals surface area contributed by atoms with Crippen LogP contribution in [0.3, 0.4) is 0 Å². The maximum atomic E-state index is 13.1. The number of carbonyl (C=O) groups is 5. The lowest BCUT2D eigenvalue weighted by molar-refractivity contribution is -0.120. The Morgan fingerprint density at radius 1 is 0.825 bits per heavy atom. The highest BCUT2D eigenvalue weighted by atomic mass is 35.5. The topological polar surface area (TPSA) is 131 Å². The summed E-state index contributed by atoms with van der Waals surface area (Å²) in [6, 6.07) is 18.4. The number of ether oxygens (including phenoxy) is 2. The van der Waals surface area contributed by atoms with Crippen molar-refractivity contribution in [3.05, 3.63) is 100 Å². The van der Waals surface area contributed by atoms with Crippen LogP contribution in [0.25, 0.3) is 0 Å². The molecule has 0 saturated carbocycles. The standard InChI is InChI=1S/C29H24ClN3O7/c1-3-14-40-29(38)18-6-4-8-21(15-18)32-25(34)17-10-12-20(13-11-17)31-24-23(30)26(35)33(27(24)36)22-9-5-7-19(16-22)28(37)39-2/h4-13,15-16,31H,3,14H2,1-2H3,(H,32,34). The minimum Gasteiger partial charge on any atom is -0.465 e. The fourth-order valence-electron chi connectivity index (χ4n) is 3.79. The first kappa shape index (κ1) is 28.1. The van der Waals surface area contributed by atoms with E-state index >= 15 is 0 Å². The van der Waals surface area contributed by atoms with E-state index in [1.807, 2.05) is 6.92 Å². The Bertz CT molecular complexity index is 1530. The lowest BCUT2D eigenvalue weighted by Crippen LogP contribution is -2.32. The first-order valence-electron chi connectivity index (χ1n) is 12.2. The molecule has 0 aliphatic carbocycles. The third-order valence-electron chi connectivity index (χ3n) is 5.76. The fraction of sp³-hybridized carbons (Fsp3) is 0.138. The summed E-state index contributed by atoms with van der Waals surface area (Å²) in [5, 5.41) is 5.23. The molecule has 1 aliphatic rings. The highest BCUT2D eigenvalue weighted by Gasteiger charge is 2.39. The second-order valence-corrected chi connectivity index (χ2v) is 8.93. The Labute approximate surface area is 234 Å². The largest absolute Gasteiger partial charge is 0.465 e. The van der Waals surface area contributed by atoms with Gasteiger partial charge in [-0.05, 0) is 67.1 Å². The molecule has 0 unspecified atom stereocenters. The summed E-state index contributed by atoms with van der Waals surface area (Å²) < 4.78 is 9.82. The number of esters is 2. The van der Waals surface area contributed by atoms with Gasteiger partial charge in [0.1, 0.15) is 10.7 Å². The van der Waals surface area contributed by atoms with Crippen molar-refractivity contribution in [2.45, 2.75) is 13.3 Å². The molecule has 0 aromatic heterocycles. The molecule has 0 fully saturated rings. The first-order valence-corrected chi connectivity index (χ1v) is 12.5. The van der Waals surface area contributed by atoms with Gasteiger partial charge in [0.25, 0.3) is 17.7 Å². The predicted octanol–water partition coefficient (Wildman–Crippen LogP) is 4.73. The van der Waals surface area contributed by atoms with E-state index in [0.29, 0.717) is 35.5 Å². The molecule has 1 heterocycles. The van der Waals surface area contributed by atoms with Gasteiger partial charge in [-0.25, -0.2) is 14.5 Å². The zero-order chi connectivity index (χ0) is 28.8. The van der Waals surface area contributed by atoms with E-state index < -0.39 is 29.7 Å². The van der Waals surface area contributed by atoms with Crippen LogP contribution < -0.4 is 15.5 Å². The molecule has 10 nitrogen and oxygen atoms in total. The van der Waals surface area contributed by atoms with E-state index in [9.17, 15) is 24.0 Å². The van der Waals surface area contributed by atoms with Gasteiger partial charge >= 0.3 is 11.9 Å². The number of hydrogen-bond acceptors (Lipinski definition) is 8. The van der Waals surface area contributed by atoms with Crippen molar-refractivity contribution in [1.82, 2.24) is 0 Å². The van der Waals surface area contributed by atoms with Crippen LogP contribution in [0.4, 0.5) is 17.1 Å². The van der Waals surface area contributed by atoms with Gasteiger partial charge < -0.3 is 20.1 Å². The molecule has 2 N–H and O–H groups in total. The van der Waals surface area contributed by atoms with E-state index in [1.54, 1.807) is 30.3 Å². The summed E-state index contributed by atoms with van der Waals surface area (Å²) in [6.07, 6.45) is 0.699. The molecule has 40 heavy (non-hydrogen) atoms. The van der Waals surface area contributed by atoms with Crippen molar-refractivity contribution < 1.29 is 33.4 Å². The van der Waals surface area contributed by atoms with E-state index in [1.165, 1.54) is 49.6 Å². The van der Waals surface area contributed by atoms with Crippen LogP contribution in [0.1, 0.15) is 44.4 Å². The Morgan fingerprint density at radius 3 is 2.17 bits per heavy atom. The molecular weight excluding hydrogens is 538 g/mol. The van der Waals surface area contributed by atoms with Gasteiger partial charge in [0, 0.05) is 16.9 Å². The molecule has 0 bridgehead atoms. The number of carbonyl (C=O) groups excluding carboxylic acids is 5. The van der Waals surface area contributed by atoms with Gasteiger partial charge in [0.15, 0.2) is 0 Å². The zero-order valence-electron chi connectivity index (χ0n) is 21.5. The second kappa shape index (κ2) is 12.3. The Hall–Kier alpha value is -4.96. The normalized spacial score (nSPS) is 12.8. The monoisotopic (exact) mass is 561 g/mol. The minimum absolute atomic E-state index is 0.154. The van der Waals surface area contributed by atoms with Crippen LogP contribution in [0, 0.1) is 0 Å². The molecular formula is C29H24ClN3O7. The number of imide groups is 1. The quantitative estimate of drug-likeness (QED) is 0.283. The van der Waals surface area contributed by atoms with Gasteiger partial charge in [0.05, 0.1) is 30.5 Å². The van der Waals surface area contributed by atoms with Crippen LogP contribution in [0.2, 0.25) is 0 Å². The Morgan fingerprint density at radius 2 is 1.50 bits per heavy atom.